The fourth-order valence-corrected chi connectivity index (χ4v) is 4.17. The number of likely N-dealkylation sites (N-methyl/N-ethyl adjacent to an activating group) is 1. The number of thiocarbonyl (C=S) groups is 1. The van der Waals surface area contributed by atoms with Crippen LogP contribution >= 0.6 is 23.6 Å². The first-order chi connectivity index (χ1) is 12.3. The summed E-state index contributed by atoms with van der Waals surface area (Å²) in [7, 11) is 3.56. The highest BCUT2D eigenvalue weighted by Gasteiger charge is 2.35. The monoisotopic (exact) mass is 385 g/mol. The molecular weight excluding hydrogens is 362 g/mol. The van der Waals surface area contributed by atoms with Gasteiger partial charge in [0.05, 0.1) is 11.6 Å². The molecule has 1 aliphatic heterocycles. The Balaban J connectivity index is 2.16. The van der Waals surface area contributed by atoms with Crippen molar-refractivity contribution in [3.63, 3.8) is 0 Å². The van der Waals surface area contributed by atoms with Gasteiger partial charge in [0.15, 0.2) is 5.11 Å². The molecule has 0 fully saturated rings. The Labute approximate surface area is 164 Å². The van der Waals surface area contributed by atoms with E-state index in [1.807, 2.05) is 29.3 Å². The zero-order chi connectivity index (χ0) is 19.0. The molecule has 2 heterocycles. The molecular formula is C20H23N3OS2. The number of thiophene rings is 1. The van der Waals surface area contributed by atoms with Crippen molar-refractivity contribution in [2.75, 3.05) is 19.0 Å². The Bertz CT molecular complexity index is 884. The van der Waals surface area contributed by atoms with E-state index in [9.17, 15) is 4.79 Å². The molecule has 2 aromatic rings. The average Bonchev–Trinajstić information content (AvgIpc) is 3.11. The van der Waals surface area contributed by atoms with E-state index in [4.69, 9.17) is 12.2 Å². The zero-order valence-corrected chi connectivity index (χ0v) is 17.3. The number of aryl methyl sites for hydroxylation is 2. The summed E-state index contributed by atoms with van der Waals surface area (Å²) in [5.74, 6) is -0.0115. The van der Waals surface area contributed by atoms with Crippen LogP contribution in [0, 0.1) is 13.8 Å². The number of allylic oxidation sites excluding steroid dienone is 1. The predicted molar refractivity (Wildman–Crippen MR) is 113 cm³/mol. The molecule has 1 aromatic carbocycles. The number of nitrogens with zero attached hydrogens (tertiary/aromatic N) is 2. The molecule has 1 atom stereocenters. The van der Waals surface area contributed by atoms with Gasteiger partial charge in [-0.15, -0.1) is 0 Å². The van der Waals surface area contributed by atoms with Gasteiger partial charge in [0.25, 0.3) is 5.91 Å². The summed E-state index contributed by atoms with van der Waals surface area (Å²) in [4.78, 5) is 16.6. The van der Waals surface area contributed by atoms with Crippen molar-refractivity contribution >= 4 is 40.3 Å². The topological polar surface area (TPSA) is 35.6 Å². The molecule has 26 heavy (non-hydrogen) atoms. The normalized spacial score (nSPS) is 17.3. The van der Waals surface area contributed by atoms with E-state index < -0.39 is 0 Å². The summed E-state index contributed by atoms with van der Waals surface area (Å²) in [6.07, 6.45) is 0. The van der Waals surface area contributed by atoms with Crippen molar-refractivity contribution in [1.82, 2.24) is 10.2 Å². The SMILES string of the molecule is CC1=C(C(=O)N(C)C)C(c2ccsc2)NC(=S)N1c1ccc(C)c(C)c1. The smallest absolute Gasteiger partial charge is 0.253 e. The zero-order valence-electron chi connectivity index (χ0n) is 15.7. The molecule has 1 amide bonds. The van der Waals surface area contributed by atoms with Crippen LogP contribution in [0.25, 0.3) is 0 Å². The number of amides is 1. The van der Waals surface area contributed by atoms with Gasteiger partial charge in [-0.05, 0) is 78.6 Å². The van der Waals surface area contributed by atoms with E-state index in [-0.39, 0.29) is 11.9 Å². The van der Waals surface area contributed by atoms with Gasteiger partial charge >= 0.3 is 0 Å². The fraction of sp³-hybridized carbons (Fsp3) is 0.300. The highest BCUT2D eigenvalue weighted by molar-refractivity contribution is 7.80. The van der Waals surface area contributed by atoms with E-state index in [0.29, 0.717) is 5.11 Å². The van der Waals surface area contributed by atoms with Gasteiger partial charge in [-0.25, -0.2) is 0 Å². The highest BCUT2D eigenvalue weighted by atomic mass is 32.1. The first kappa shape index (κ1) is 18.6. The maximum Gasteiger partial charge on any atom is 0.253 e. The van der Waals surface area contributed by atoms with E-state index in [1.54, 1.807) is 30.3 Å². The molecule has 1 N–H and O–H groups in total. The highest BCUT2D eigenvalue weighted by Crippen LogP contribution is 2.35. The lowest BCUT2D eigenvalue weighted by Crippen LogP contribution is -2.49. The second-order valence-corrected chi connectivity index (χ2v) is 7.91. The predicted octanol–water partition coefficient (Wildman–Crippen LogP) is 4.16. The second-order valence-electron chi connectivity index (χ2n) is 6.74. The van der Waals surface area contributed by atoms with Crippen LogP contribution in [0.3, 0.4) is 0 Å². The third-order valence-corrected chi connectivity index (χ3v) is 5.75. The van der Waals surface area contributed by atoms with Gasteiger partial charge in [-0.3, -0.25) is 9.69 Å². The maximum absolute atomic E-state index is 13.0. The molecule has 6 heteroatoms. The van der Waals surface area contributed by atoms with Crippen molar-refractivity contribution in [3.8, 4) is 0 Å². The minimum absolute atomic E-state index is 0.0115. The van der Waals surface area contributed by atoms with Gasteiger partial charge in [-0.2, -0.15) is 11.3 Å². The second kappa shape index (κ2) is 7.21. The van der Waals surface area contributed by atoms with Crippen LogP contribution in [0.5, 0.6) is 0 Å². The molecule has 1 unspecified atom stereocenters. The molecule has 4 nitrogen and oxygen atoms in total. The average molecular weight is 386 g/mol. The van der Waals surface area contributed by atoms with Crippen LogP contribution in [0.4, 0.5) is 5.69 Å². The van der Waals surface area contributed by atoms with Crippen LogP contribution in [-0.4, -0.2) is 30.0 Å². The molecule has 0 spiro atoms. The van der Waals surface area contributed by atoms with Crippen molar-refractivity contribution in [2.24, 2.45) is 0 Å². The number of hydrogen-bond acceptors (Lipinski definition) is 3. The first-order valence-electron chi connectivity index (χ1n) is 8.43. The van der Waals surface area contributed by atoms with Crippen molar-refractivity contribution < 1.29 is 4.79 Å². The fourth-order valence-electron chi connectivity index (χ4n) is 3.13. The van der Waals surface area contributed by atoms with Crippen molar-refractivity contribution in [2.45, 2.75) is 26.8 Å². The standard InChI is InChI=1S/C20H23N3OS2/c1-12-6-7-16(10-13(12)2)23-14(3)17(19(24)22(4)5)18(21-20(23)25)15-8-9-26-11-15/h6-11,18H,1-5H3,(H,21,25). The van der Waals surface area contributed by atoms with E-state index in [1.165, 1.54) is 11.1 Å². The maximum atomic E-state index is 13.0. The molecule has 3 rings (SSSR count). The molecule has 0 radical (unpaired) electrons. The Hall–Kier alpha value is -2.18. The summed E-state index contributed by atoms with van der Waals surface area (Å²) in [5.41, 5.74) is 6.04. The Morgan fingerprint density at radius 3 is 2.50 bits per heavy atom. The Morgan fingerprint density at radius 1 is 1.19 bits per heavy atom. The molecule has 0 saturated heterocycles. The number of carbonyl (C=O) groups excluding carboxylic acids is 1. The summed E-state index contributed by atoms with van der Waals surface area (Å²) < 4.78 is 0. The van der Waals surface area contributed by atoms with Gasteiger partial charge in [0.1, 0.15) is 0 Å². The number of hydrogen-bond donors (Lipinski definition) is 1. The summed E-state index contributed by atoms with van der Waals surface area (Å²) >= 11 is 7.29. The molecule has 0 saturated carbocycles. The van der Waals surface area contributed by atoms with Crippen LogP contribution in [0.2, 0.25) is 0 Å². The lowest BCUT2D eigenvalue weighted by molar-refractivity contribution is -0.125. The summed E-state index contributed by atoms with van der Waals surface area (Å²) in [6.45, 7) is 6.14. The Kier molecular flexibility index (Phi) is 5.16. The third kappa shape index (κ3) is 3.27. The van der Waals surface area contributed by atoms with Crippen LogP contribution in [-0.2, 0) is 4.79 Å². The molecule has 136 valence electrons. The largest absolute Gasteiger partial charge is 0.351 e. The van der Waals surface area contributed by atoms with E-state index >= 15 is 0 Å². The van der Waals surface area contributed by atoms with Gasteiger partial charge in [0.2, 0.25) is 0 Å². The first-order valence-corrected chi connectivity index (χ1v) is 9.78. The van der Waals surface area contributed by atoms with Crippen LogP contribution in [0.15, 0.2) is 46.3 Å². The number of anilines is 1. The molecule has 1 aromatic heterocycles. The van der Waals surface area contributed by atoms with Gasteiger partial charge in [-0.1, -0.05) is 6.07 Å². The van der Waals surface area contributed by atoms with Gasteiger partial charge < -0.3 is 10.2 Å². The third-order valence-electron chi connectivity index (χ3n) is 4.75. The van der Waals surface area contributed by atoms with E-state index in [0.717, 1.165) is 22.5 Å². The lowest BCUT2D eigenvalue weighted by Gasteiger charge is -2.38. The summed E-state index contributed by atoms with van der Waals surface area (Å²) in [5, 5.41) is 8.06. The quantitative estimate of drug-likeness (QED) is 0.805. The molecule has 0 aliphatic carbocycles. The van der Waals surface area contributed by atoms with Gasteiger partial charge in [0, 0.05) is 25.5 Å². The van der Waals surface area contributed by atoms with E-state index in [2.05, 4.69) is 36.7 Å². The molecule has 1 aliphatic rings. The molecule has 0 bridgehead atoms. The van der Waals surface area contributed by atoms with Crippen molar-refractivity contribution in [3.05, 3.63) is 63.0 Å². The number of nitrogens with one attached hydrogen (secondary N) is 1. The number of carbonyl (C=O) groups is 1. The lowest BCUT2D eigenvalue weighted by atomic mass is 9.95. The minimum atomic E-state index is -0.230. The number of benzene rings is 1. The van der Waals surface area contributed by atoms with Crippen LogP contribution in [0.1, 0.15) is 29.7 Å². The van der Waals surface area contributed by atoms with Crippen LogP contribution < -0.4 is 10.2 Å². The summed E-state index contributed by atoms with van der Waals surface area (Å²) in [6, 6.07) is 8.04. The minimum Gasteiger partial charge on any atom is -0.351 e. The number of rotatable bonds is 3. The Morgan fingerprint density at radius 2 is 1.92 bits per heavy atom. The van der Waals surface area contributed by atoms with Crippen molar-refractivity contribution in [1.29, 1.82) is 0 Å².